The van der Waals surface area contributed by atoms with E-state index in [2.05, 4.69) is 16.3 Å². The number of aromatic nitrogens is 2. The molecule has 1 aromatic heterocycles. The Hall–Kier alpha value is -2.98. The van der Waals surface area contributed by atoms with Crippen molar-refractivity contribution in [3.05, 3.63) is 53.6 Å². The minimum Gasteiger partial charge on any atom is -0.497 e. The molecule has 0 aliphatic rings. The first kappa shape index (κ1) is 18.8. The van der Waals surface area contributed by atoms with Crippen LogP contribution in [0, 0.1) is 18.3 Å². The van der Waals surface area contributed by atoms with Crippen molar-refractivity contribution in [2.45, 2.75) is 23.8 Å². The normalized spacial score (nSPS) is 11.6. The molecule has 138 valence electrons. The molecule has 1 unspecified atom stereocenters. The lowest BCUT2D eigenvalue weighted by atomic mass is 10.1. The molecule has 3 rings (SSSR count). The Labute approximate surface area is 162 Å². The molecule has 0 spiro atoms. The number of nitrogens with zero attached hydrogens (tertiary/aromatic N) is 3. The van der Waals surface area contributed by atoms with Gasteiger partial charge in [0.25, 0.3) is 11.1 Å². The molecule has 0 aliphatic carbocycles. The maximum atomic E-state index is 9.47. The monoisotopic (exact) mass is 381 g/mol. The van der Waals surface area contributed by atoms with Crippen molar-refractivity contribution in [3.63, 3.8) is 0 Å². The smallest absolute Gasteiger partial charge is 0.278 e. The molecule has 1 atom stereocenters. The lowest BCUT2D eigenvalue weighted by molar-refractivity contribution is 0.393. The molecule has 0 bridgehead atoms. The summed E-state index contributed by atoms with van der Waals surface area (Å²) in [6.07, 6.45) is 0.602. The largest absolute Gasteiger partial charge is 0.497 e. The van der Waals surface area contributed by atoms with Gasteiger partial charge in [-0.05, 0) is 42.8 Å². The quantitative estimate of drug-likeness (QED) is 0.565. The first-order valence-corrected chi connectivity index (χ1v) is 9.18. The van der Waals surface area contributed by atoms with Gasteiger partial charge in [0.1, 0.15) is 16.7 Å². The number of hydrogen-bond donors (Lipinski definition) is 0. The Morgan fingerprint density at radius 2 is 1.89 bits per heavy atom. The topological polar surface area (TPSA) is 81.2 Å². The third-order valence-corrected chi connectivity index (χ3v) is 4.90. The fourth-order valence-electron chi connectivity index (χ4n) is 2.52. The second-order valence-corrected chi connectivity index (χ2v) is 7.02. The average molecular weight is 381 g/mol. The van der Waals surface area contributed by atoms with E-state index in [4.69, 9.17) is 13.9 Å². The van der Waals surface area contributed by atoms with Crippen molar-refractivity contribution in [1.82, 2.24) is 10.2 Å². The lowest BCUT2D eigenvalue weighted by Gasteiger charge is -2.07. The SMILES string of the molecule is COc1ccc(-c2nnc(SC(C#N)Cc3ccc(C)cc3)o2)c(OC)c1. The molecule has 0 amide bonds. The van der Waals surface area contributed by atoms with E-state index in [-0.39, 0.29) is 5.25 Å². The molecule has 0 radical (unpaired) electrons. The summed E-state index contributed by atoms with van der Waals surface area (Å²) in [5.41, 5.74) is 2.95. The molecule has 27 heavy (non-hydrogen) atoms. The van der Waals surface area contributed by atoms with E-state index in [9.17, 15) is 5.26 Å². The van der Waals surface area contributed by atoms with Crippen molar-refractivity contribution in [1.29, 1.82) is 5.26 Å². The molecular formula is C20H19N3O3S. The van der Waals surface area contributed by atoms with Crippen molar-refractivity contribution in [2.24, 2.45) is 0 Å². The van der Waals surface area contributed by atoms with Gasteiger partial charge in [-0.2, -0.15) is 5.26 Å². The second kappa shape index (κ2) is 8.60. The van der Waals surface area contributed by atoms with Crippen LogP contribution in [0.25, 0.3) is 11.5 Å². The zero-order valence-corrected chi connectivity index (χ0v) is 16.1. The van der Waals surface area contributed by atoms with Gasteiger partial charge in [0.15, 0.2) is 0 Å². The molecule has 3 aromatic rings. The number of aryl methyl sites for hydroxylation is 1. The molecule has 2 aromatic carbocycles. The molecule has 6 nitrogen and oxygen atoms in total. The van der Waals surface area contributed by atoms with Crippen LogP contribution in [-0.2, 0) is 6.42 Å². The van der Waals surface area contributed by atoms with E-state index < -0.39 is 0 Å². The number of thioether (sulfide) groups is 1. The number of benzene rings is 2. The van der Waals surface area contributed by atoms with Crippen molar-refractivity contribution < 1.29 is 13.9 Å². The van der Waals surface area contributed by atoms with Gasteiger partial charge in [0.05, 0.1) is 25.9 Å². The van der Waals surface area contributed by atoms with Crippen LogP contribution in [0.3, 0.4) is 0 Å². The fourth-order valence-corrected chi connectivity index (χ4v) is 3.30. The van der Waals surface area contributed by atoms with E-state index in [0.29, 0.717) is 34.6 Å². The molecule has 1 heterocycles. The van der Waals surface area contributed by atoms with Crippen LogP contribution in [0.5, 0.6) is 11.5 Å². The van der Waals surface area contributed by atoms with Gasteiger partial charge in [-0.3, -0.25) is 0 Å². The summed E-state index contributed by atoms with van der Waals surface area (Å²) in [7, 11) is 3.16. The Morgan fingerprint density at radius 1 is 1.11 bits per heavy atom. The number of ether oxygens (including phenoxy) is 2. The van der Waals surface area contributed by atoms with E-state index in [0.717, 1.165) is 5.56 Å². The van der Waals surface area contributed by atoms with Crippen molar-refractivity contribution >= 4 is 11.8 Å². The van der Waals surface area contributed by atoms with Crippen molar-refractivity contribution in [2.75, 3.05) is 14.2 Å². The Morgan fingerprint density at radius 3 is 2.56 bits per heavy atom. The van der Waals surface area contributed by atoms with Crippen LogP contribution in [0.4, 0.5) is 0 Å². The van der Waals surface area contributed by atoms with Gasteiger partial charge in [-0.15, -0.1) is 10.2 Å². The summed E-state index contributed by atoms with van der Waals surface area (Å²) in [5, 5.41) is 17.7. The van der Waals surface area contributed by atoms with Gasteiger partial charge in [0.2, 0.25) is 0 Å². The zero-order valence-electron chi connectivity index (χ0n) is 15.3. The maximum absolute atomic E-state index is 9.47. The Kier molecular flexibility index (Phi) is 5.99. The highest BCUT2D eigenvalue weighted by molar-refractivity contribution is 7.99. The van der Waals surface area contributed by atoms with Gasteiger partial charge in [0, 0.05) is 6.07 Å². The second-order valence-electron chi connectivity index (χ2n) is 5.86. The maximum Gasteiger partial charge on any atom is 0.278 e. The standard InChI is InChI=1S/C20H19N3O3S/c1-13-4-6-14(7-5-13)10-16(12-21)27-20-23-22-19(26-20)17-9-8-15(24-2)11-18(17)25-3/h4-9,11,16H,10H2,1-3H3. The van der Waals surface area contributed by atoms with E-state index >= 15 is 0 Å². The van der Waals surface area contributed by atoms with Crippen LogP contribution in [-0.4, -0.2) is 29.7 Å². The third kappa shape index (κ3) is 4.60. The van der Waals surface area contributed by atoms with Crippen LogP contribution >= 0.6 is 11.8 Å². The summed E-state index contributed by atoms with van der Waals surface area (Å²) >= 11 is 1.26. The summed E-state index contributed by atoms with van der Waals surface area (Å²) in [5.74, 6) is 1.59. The summed E-state index contributed by atoms with van der Waals surface area (Å²) in [6.45, 7) is 2.04. The third-order valence-electron chi connectivity index (χ3n) is 3.97. The highest BCUT2D eigenvalue weighted by Crippen LogP contribution is 2.34. The number of nitriles is 1. The Balaban J connectivity index is 1.75. The number of hydrogen-bond acceptors (Lipinski definition) is 7. The first-order chi connectivity index (χ1) is 13.1. The van der Waals surface area contributed by atoms with Crippen molar-refractivity contribution in [3.8, 4) is 29.0 Å². The van der Waals surface area contributed by atoms with Crippen LogP contribution in [0.15, 0.2) is 52.1 Å². The van der Waals surface area contributed by atoms with Gasteiger partial charge in [-0.25, -0.2) is 0 Å². The number of rotatable bonds is 7. The van der Waals surface area contributed by atoms with E-state index in [1.165, 1.54) is 17.3 Å². The summed E-state index contributed by atoms with van der Waals surface area (Å²) < 4.78 is 16.3. The molecule has 0 saturated heterocycles. The number of methoxy groups -OCH3 is 2. The zero-order chi connectivity index (χ0) is 19.2. The summed E-state index contributed by atoms with van der Waals surface area (Å²) in [4.78, 5) is 0. The van der Waals surface area contributed by atoms with E-state index in [1.807, 2.05) is 31.2 Å². The van der Waals surface area contributed by atoms with Crippen LogP contribution < -0.4 is 9.47 Å². The van der Waals surface area contributed by atoms with Gasteiger partial charge < -0.3 is 13.9 Å². The lowest BCUT2D eigenvalue weighted by Crippen LogP contribution is -2.03. The van der Waals surface area contributed by atoms with Crippen LogP contribution in [0.1, 0.15) is 11.1 Å². The fraction of sp³-hybridized carbons (Fsp3) is 0.250. The summed E-state index contributed by atoms with van der Waals surface area (Å²) in [6, 6.07) is 15.8. The van der Waals surface area contributed by atoms with Gasteiger partial charge in [-0.1, -0.05) is 29.8 Å². The highest BCUT2D eigenvalue weighted by Gasteiger charge is 2.18. The van der Waals surface area contributed by atoms with Gasteiger partial charge >= 0.3 is 0 Å². The average Bonchev–Trinajstić information content (AvgIpc) is 3.16. The van der Waals surface area contributed by atoms with E-state index in [1.54, 1.807) is 32.4 Å². The molecule has 0 N–H and O–H groups in total. The van der Waals surface area contributed by atoms with Crippen LogP contribution in [0.2, 0.25) is 0 Å². The predicted octanol–water partition coefficient (Wildman–Crippen LogP) is 4.29. The molecule has 7 heteroatoms. The predicted molar refractivity (Wildman–Crippen MR) is 103 cm³/mol. The molecule has 0 fully saturated rings. The minimum atomic E-state index is -0.321. The molecular weight excluding hydrogens is 362 g/mol. The Bertz CT molecular complexity index is 948. The molecule has 0 saturated carbocycles. The first-order valence-electron chi connectivity index (χ1n) is 8.30. The molecule has 0 aliphatic heterocycles. The minimum absolute atomic E-state index is 0.321. The highest BCUT2D eigenvalue weighted by atomic mass is 32.2.